The summed E-state index contributed by atoms with van der Waals surface area (Å²) in [7, 11) is -1.31. The lowest BCUT2D eigenvalue weighted by atomic mass is 9.81. The van der Waals surface area contributed by atoms with Crippen molar-refractivity contribution in [2.75, 3.05) is 0 Å². The van der Waals surface area contributed by atoms with Crippen LogP contribution in [0.4, 0.5) is 0 Å². The Morgan fingerprint density at radius 1 is 1.04 bits per heavy atom. The van der Waals surface area contributed by atoms with Crippen LogP contribution in [0.3, 0.4) is 0 Å². The van der Waals surface area contributed by atoms with Crippen molar-refractivity contribution in [2.24, 2.45) is 11.8 Å². The Morgan fingerprint density at radius 3 is 2.42 bits per heavy atom. The molecule has 3 rings (SSSR count). The molecule has 0 aromatic heterocycles. The average Bonchev–Trinajstić information content (AvgIpc) is 2.64. The summed E-state index contributed by atoms with van der Waals surface area (Å²) >= 11 is 0. The first-order valence-electron chi connectivity index (χ1n) is 10.00. The van der Waals surface area contributed by atoms with E-state index in [0.29, 0.717) is 11.7 Å². The standard InChI is InChI=1S/C22H32OSi/c1-2-3-7-16-24(22-8-5-4-6-9-22)17-14-20(15-18-24)19-10-12-21(23)13-11-19/h4-6,8-10,12,19-20H,2-3,7,11,13-18H2,1H3. The van der Waals surface area contributed by atoms with Crippen LogP contribution in [-0.4, -0.2) is 13.9 Å². The van der Waals surface area contributed by atoms with E-state index in [-0.39, 0.29) is 0 Å². The first kappa shape index (κ1) is 17.7. The fourth-order valence-corrected chi connectivity index (χ4v) is 10.2. The summed E-state index contributed by atoms with van der Waals surface area (Å²) in [6.07, 6.45) is 12.8. The number of carbonyl (C=O) groups excluding carboxylic acids is 1. The highest BCUT2D eigenvalue weighted by molar-refractivity contribution is 6.92. The number of unbranched alkanes of at least 4 members (excludes halogenated alkanes) is 2. The largest absolute Gasteiger partial charge is 0.295 e. The molecule has 1 fully saturated rings. The zero-order chi connectivity index (χ0) is 16.8. The van der Waals surface area contributed by atoms with E-state index in [2.05, 4.69) is 43.3 Å². The van der Waals surface area contributed by atoms with Crippen molar-refractivity contribution >= 4 is 19.0 Å². The third-order valence-corrected chi connectivity index (χ3v) is 11.9. The number of rotatable bonds is 6. The number of allylic oxidation sites excluding steroid dienone is 2. The average molecular weight is 341 g/mol. The van der Waals surface area contributed by atoms with Gasteiger partial charge in [-0.05, 0) is 24.3 Å². The fraction of sp³-hybridized carbons (Fsp3) is 0.591. The maximum Gasteiger partial charge on any atom is 0.155 e. The quantitative estimate of drug-likeness (QED) is 0.495. The molecule has 0 amide bonds. The van der Waals surface area contributed by atoms with Gasteiger partial charge in [-0.3, -0.25) is 4.79 Å². The first-order chi connectivity index (χ1) is 11.7. The molecular formula is C22H32OSi. The first-order valence-corrected chi connectivity index (χ1v) is 12.6. The third-order valence-electron chi connectivity index (χ3n) is 6.49. The fourth-order valence-electron chi connectivity index (χ4n) is 4.92. The topological polar surface area (TPSA) is 17.1 Å². The van der Waals surface area contributed by atoms with Crippen LogP contribution in [0.1, 0.15) is 51.9 Å². The van der Waals surface area contributed by atoms with Gasteiger partial charge in [-0.25, -0.2) is 0 Å². The normalized spacial score (nSPS) is 30.5. The van der Waals surface area contributed by atoms with E-state index in [1.54, 1.807) is 5.19 Å². The Kier molecular flexibility index (Phi) is 6.10. The molecule has 1 atom stereocenters. The molecular weight excluding hydrogens is 308 g/mol. The predicted octanol–water partition coefficient (Wildman–Crippen LogP) is 5.48. The molecule has 0 radical (unpaired) electrons. The van der Waals surface area contributed by atoms with Crippen LogP contribution in [0.25, 0.3) is 0 Å². The van der Waals surface area contributed by atoms with Crippen LogP contribution in [-0.2, 0) is 4.79 Å². The summed E-state index contributed by atoms with van der Waals surface area (Å²) < 4.78 is 0. The summed E-state index contributed by atoms with van der Waals surface area (Å²) in [6.45, 7) is 2.31. The van der Waals surface area contributed by atoms with Crippen molar-refractivity contribution in [2.45, 2.75) is 70.0 Å². The molecule has 2 aliphatic rings. The van der Waals surface area contributed by atoms with Gasteiger partial charge in [0.15, 0.2) is 5.78 Å². The molecule has 1 nitrogen and oxygen atoms in total. The van der Waals surface area contributed by atoms with Crippen molar-refractivity contribution in [3.05, 3.63) is 42.5 Å². The maximum absolute atomic E-state index is 11.4. The molecule has 1 unspecified atom stereocenters. The SMILES string of the molecule is CCCCC[Si]1(c2ccccc2)CCC(C2C=CC(=O)CC2)CC1. The molecule has 1 aliphatic carbocycles. The number of hydrogen-bond acceptors (Lipinski definition) is 1. The highest BCUT2D eigenvalue weighted by atomic mass is 28.3. The molecule has 1 saturated heterocycles. The number of ketones is 1. The number of benzene rings is 1. The van der Waals surface area contributed by atoms with E-state index in [9.17, 15) is 4.79 Å². The molecule has 0 spiro atoms. The van der Waals surface area contributed by atoms with Gasteiger partial charge >= 0.3 is 0 Å². The van der Waals surface area contributed by atoms with Gasteiger partial charge in [0.05, 0.1) is 8.07 Å². The summed E-state index contributed by atoms with van der Waals surface area (Å²) in [5.74, 6) is 1.82. The Labute approximate surface area is 148 Å². The molecule has 2 heteroatoms. The monoisotopic (exact) mass is 340 g/mol. The van der Waals surface area contributed by atoms with Gasteiger partial charge in [-0.2, -0.15) is 0 Å². The van der Waals surface area contributed by atoms with Crippen LogP contribution >= 0.6 is 0 Å². The molecule has 24 heavy (non-hydrogen) atoms. The summed E-state index contributed by atoms with van der Waals surface area (Å²) in [6, 6.07) is 15.9. The van der Waals surface area contributed by atoms with Crippen LogP contribution in [0, 0.1) is 11.8 Å². The van der Waals surface area contributed by atoms with Crippen LogP contribution in [0.5, 0.6) is 0 Å². The molecule has 0 N–H and O–H groups in total. The maximum atomic E-state index is 11.4. The lowest BCUT2D eigenvalue weighted by Crippen LogP contribution is -2.50. The van der Waals surface area contributed by atoms with Gasteiger partial charge < -0.3 is 0 Å². The van der Waals surface area contributed by atoms with Gasteiger partial charge in [0.1, 0.15) is 0 Å². The lowest BCUT2D eigenvalue weighted by molar-refractivity contribution is -0.115. The van der Waals surface area contributed by atoms with Crippen molar-refractivity contribution in [1.29, 1.82) is 0 Å². The van der Waals surface area contributed by atoms with E-state index in [1.165, 1.54) is 50.2 Å². The minimum absolute atomic E-state index is 0.328. The lowest BCUT2D eigenvalue weighted by Gasteiger charge is -2.41. The van der Waals surface area contributed by atoms with Crippen molar-refractivity contribution < 1.29 is 4.79 Å². The molecule has 0 bridgehead atoms. The second-order valence-electron chi connectivity index (χ2n) is 7.97. The summed E-state index contributed by atoms with van der Waals surface area (Å²) in [4.78, 5) is 11.4. The van der Waals surface area contributed by atoms with Gasteiger partial charge in [-0.1, -0.05) is 98.8 Å². The minimum atomic E-state index is -1.31. The van der Waals surface area contributed by atoms with E-state index in [4.69, 9.17) is 0 Å². The molecule has 1 aromatic carbocycles. The Hall–Kier alpha value is -1.15. The number of carbonyl (C=O) groups is 1. The Bertz CT molecular complexity index is 555. The van der Waals surface area contributed by atoms with E-state index < -0.39 is 8.07 Å². The number of hydrogen-bond donors (Lipinski definition) is 0. The molecule has 1 aromatic rings. The molecule has 1 heterocycles. The van der Waals surface area contributed by atoms with E-state index in [1.807, 2.05) is 6.08 Å². The Morgan fingerprint density at radius 2 is 1.79 bits per heavy atom. The van der Waals surface area contributed by atoms with Crippen LogP contribution < -0.4 is 5.19 Å². The van der Waals surface area contributed by atoms with Crippen molar-refractivity contribution in [3.8, 4) is 0 Å². The van der Waals surface area contributed by atoms with Gasteiger partial charge in [-0.15, -0.1) is 0 Å². The van der Waals surface area contributed by atoms with Crippen LogP contribution in [0.2, 0.25) is 18.1 Å². The zero-order valence-corrected chi connectivity index (χ0v) is 16.2. The predicted molar refractivity (Wildman–Crippen MR) is 105 cm³/mol. The smallest absolute Gasteiger partial charge is 0.155 e. The highest BCUT2D eigenvalue weighted by Crippen LogP contribution is 2.41. The molecule has 1 aliphatic heterocycles. The minimum Gasteiger partial charge on any atom is -0.295 e. The van der Waals surface area contributed by atoms with Crippen molar-refractivity contribution in [3.63, 3.8) is 0 Å². The third kappa shape index (κ3) is 4.08. The second-order valence-corrected chi connectivity index (χ2v) is 12.6. The van der Waals surface area contributed by atoms with Gasteiger partial charge in [0.25, 0.3) is 0 Å². The van der Waals surface area contributed by atoms with Crippen LogP contribution in [0.15, 0.2) is 42.5 Å². The summed E-state index contributed by atoms with van der Waals surface area (Å²) in [5, 5.41) is 1.70. The van der Waals surface area contributed by atoms with Crippen molar-refractivity contribution in [1.82, 2.24) is 0 Å². The molecule has 0 saturated carbocycles. The van der Waals surface area contributed by atoms with Gasteiger partial charge in [0.2, 0.25) is 0 Å². The van der Waals surface area contributed by atoms with Gasteiger partial charge in [0, 0.05) is 6.42 Å². The Balaban J connectivity index is 1.68. The van der Waals surface area contributed by atoms with E-state index in [0.717, 1.165) is 18.8 Å². The van der Waals surface area contributed by atoms with E-state index >= 15 is 0 Å². The molecule has 130 valence electrons. The highest BCUT2D eigenvalue weighted by Gasteiger charge is 2.40. The summed E-state index contributed by atoms with van der Waals surface area (Å²) in [5.41, 5.74) is 0. The zero-order valence-electron chi connectivity index (χ0n) is 15.2. The second kappa shape index (κ2) is 8.29.